The molecule has 2 aromatic rings. The number of carbonyl (C=O) groups excluding carboxylic acids is 2. The SMILES string of the molecule is C[C@H](OC(=O)c1cccnc1)C(=O)Nc1cc(Cl)cc(Cl)c1. The van der Waals surface area contributed by atoms with Crippen molar-refractivity contribution < 1.29 is 14.3 Å². The molecule has 0 aliphatic heterocycles. The second-order valence-electron chi connectivity index (χ2n) is 4.44. The van der Waals surface area contributed by atoms with Crippen molar-refractivity contribution in [2.45, 2.75) is 13.0 Å². The minimum Gasteiger partial charge on any atom is -0.449 e. The first-order chi connectivity index (χ1) is 10.5. The van der Waals surface area contributed by atoms with E-state index in [1.807, 2.05) is 0 Å². The minimum absolute atomic E-state index is 0.271. The van der Waals surface area contributed by atoms with Crippen LogP contribution in [0.4, 0.5) is 5.69 Å². The number of benzene rings is 1. The van der Waals surface area contributed by atoms with Gasteiger partial charge in [0.1, 0.15) is 0 Å². The van der Waals surface area contributed by atoms with E-state index in [0.717, 1.165) is 0 Å². The largest absolute Gasteiger partial charge is 0.449 e. The van der Waals surface area contributed by atoms with Gasteiger partial charge >= 0.3 is 5.97 Å². The van der Waals surface area contributed by atoms with Gasteiger partial charge in [-0.2, -0.15) is 0 Å². The topological polar surface area (TPSA) is 68.3 Å². The smallest absolute Gasteiger partial charge is 0.340 e. The Labute approximate surface area is 137 Å². The number of nitrogens with one attached hydrogen (secondary N) is 1. The molecule has 5 nitrogen and oxygen atoms in total. The maximum absolute atomic E-state index is 12.0. The summed E-state index contributed by atoms with van der Waals surface area (Å²) in [7, 11) is 0. The molecule has 1 aromatic carbocycles. The number of halogens is 2. The summed E-state index contributed by atoms with van der Waals surface area (Å²) in [6.45, 7) is 1.47. The third kappa shape index (κ3) is 4.44. The van der Waals surface area contributed by atoms with Gasteiger partial charge in [0, 0.05) is 28.1 Å². The second-order valence-corrected chi connectivity index (χ2v) is 5.31. The number of esters is 1. The van der Waals surface area contributed by atoms with Gasteiger partial charge in [-0.05, 0) is 37.3 Å². The number of amides is 1. The van der Waals surface area contributed by atoms with E-state index in [2.05, 4.69) is 10.3 Å². The summed E-state index contributed by atoms with van der Waals surface area (Å²) in [4.78, 5) is 27.7. The summed E-state index contributed by atoms with van der Waals surface area (Å²) in [6, 6.07) is 7.79. The molecule has 0 fully saturated rings. The van der Waals surface area contributed by atoms with E-state index in [1.54, 1.807) is 30.3 Å². The fourth-order valence-corrected chi connectivity index (χ4v) is 2.16. The van der Waals surface area contributed by atoms with Crippen LogP contribution in [0.1, 0.15) is 17.3 Å². The van der Waals surface area contributed by atoms with Gasteiger partial charge in [0.2, 0.25) is 0 Å². The highest BCUT2D eigenvalue weighted by molar-refractivity contribution is 6.35. The fraction of sp³-hybridized carbons (Fsp3) is 0.133. The highest BCUT2D eigenvalue weighted by Crippen LogP contribution is 2.22. The van der Waals surface area contributed by atoms with Crippen LogP contribution in [0, 0.1) is 0 Å². The molecule has 0 aliphatic rings. The van der Waals surface area contributed by atoms with Crippen molar-refractivity contribution in [2.75, 3.05) is 5.32 Å². The number of rotatable bonds is 4. The monoisotopic (exact) mass is 338 g/mol. The molecule has 0 bridgehead atoms. The first kappa shape index (κ1) is 16.3. The molecule has 1 N–H and O–H groups in total. The van der Waals surface area contributed by atoms with Gasteiger partial charge in [-0.1, -0.05) is 23.2 Å². The molecule has 22 heavy (non-hydrogen) atoms. The molecule has 7 heteroatoms. The summed E-state index contributed by atoms with van der Waals surface area (Å²) >= 11 is 11.7. The summed E-state index contributed by atoms with van der Waals surface area (Å²) in [5.41, 5.74) is 0.694. The number of aromatic nitrogens is 1. The lowest BCUT2D eigenvalue weighted by molar-refractivity contribution is -0.123. The highest BCUT2D eigenvalue weighted by atomic mass is 35.5. The Morgan fingerprint density at radius 1 is 1.23 bits per heavy atom. The third-order valence-electron chi connectivity index (χ3n) is 2.68. The number of hydrogen-bond acceptors (Lipinski definition) is 4. The van der Waals surface area contributed by atoms with Crippen molar-refractivity contribution >= 4 is 40.8 Å². The Bertz CT molecular complexity index is 672. The Morgan fingerprint density at radius 2 is 1.91 bits per heavy atom. The van der Waals surface area contributed by atoms with Crippen molar-refractivity contribution in [1.29, 1.82) is 0 Å². The van der Waals surface area contributed by atoms with Crippen molar-refractivity contribution in [1.82, 2.24) is 4.98 Å². The maximum atomic E-state index is 12.0. The molecule has 0 saturated carbocycles. The molecule has 0 saturated heterocycles. The number of carbonyl (C=O) groups is 2. The number of ether oxygens (including phenoxy) is 1. The quantitative estimate of drug-likeness (QED) is 0.865. The molecule has 0 spiro atoms. The molecular weight excluding hydrogens is 327 g/mol. The fourth-order valence-electron chi connectivity index (χ4n) is 1.64. The van der Waals surface area contributed by atoms with Gasteiger partial charge in [0.15, 0.2) is 6.10 Å². The van der Waals surface area contributed by atoms with Crippen LogP contribution >= 0.6 is 23.2 Å². The zero-order valence-corrected chi connectivity index (χ0v) is 13.1. The lowest BCUT2D eigenvalue weighted by Gasteiger charge is -2.13. The average Bonchev–Trinajstić information content (AvgIpc) is 2.46. The molecule has 1 aromatic heterocycles. The van der Waals surface area contributed by atoms with Gasteiger partial charge in [0.05, 0.1) is 5.56 Å². The zero-order valence-electron chi connectivity index (χ0n) is 11.5. The van der Waals surface area contributed by atoms with E-state index in [9.17, 15) is 9.59 Å². The summed E-state index contributed by atoms with van der Waals surface area (Å²) in [5.74, 6) is -1.12. The third-order valence-corrected chi connectivity index (χ3v) is 3.12. The summed E-state index contributed by atoms with van der Waals surface area (Å²) in [5, 5.41) is 3.36. The second kappa shape index (κ2) is 7.24. The molecule has 1 atom stereocenters. The molecule has 0 radical (unpaired) electrons. The number of pyridine rings is 1. The van der Waals surface area contributed by atoms with Crippen molar-refractivity contribution in [3.8, 4) is 0 Å². The van der Waals surface area contributed by atoms with Crippen LogP contribution in [0.3, 0.4) is 0 Å². The minimum atomic E-state index is -0.981. The molecule has 114 valence electrons. The molecule has 1 heterocycles. The van der Waals surface area contributed by atoms with Crippen LogP contribution in [-0.4, -0.2) is 23.0 Å². The van der Waals surface area contributed by atoms with Crippen LogP contribution in [0.25, 0.3) is 0 Å². The molecule has 0 aliphatic carbocycles. The predicted octanol–water partition coefficient (Wildman–Crippen LogP) is 3.57. The van der Waals surface area contributed by atoms with Gasteiger partial charge in [-0.3, -0.25) is 9.78 Å². The van der Waals surface area contributed by atoms with Crippen LogP contribution in [0.15, 0.2) is 42.7 Å². The van der Waals surface area contributed by atoms with E-state index < -0.39 is 18.0 Å². The van der Waals surface area contributed by atoms with Gasteiger partial charge in [-0.15, -0.1) is 0 Å². The average molecular weight is 339 g/mol. The first-order valence-electron chi connectivity index (χ1n) is 6.33. The standard InChI is InChI=1S/C15H12Cl2N2O3/c1-9(22-15(21)10-3-2-4-18-8-10)14(20)19-13-6-11(16)5-12(17)7-13/h2-9H,1H3,(H,19,20)/t9-/m0/s1. The van der Waals surface area contributed by atoms with Crippen LogP contribution in [-0.2, 0) is 9.53 Å². The van der Waals surface area contributed by atoms with Crippen molar-refractivity contribution in [2.24, 2.45) is 0 Å². The van der Waals surface area contributed by atoms with Gasteiger partial charge in [0.25, 0.3) is 5.91 Å². The maximum Gasteiger partial charge on any atom is 0.340 e. The Morgan fingerprint density at radius 3 is 2.50 bits per heavy atom. The molecule has 2 rings (SSSR count). The molecule has 0 unspecified atom stereocenters. The van der Waals surface area contributed by atoms with Crippen LogP contribution < -0.4 is 5.32 Å². The van der Waals surface area contributed by atoms with E-state index in [4.69, 9.17) is 27.9 Å². The van der Waals surface area contributed by atoms with Crippen LogP contribution in [0.5, 0.6) is 0 Å². The zero-order chi connectivity index (χ0) is 16.1. The lowest BCUT2D eigenvalue weighted by Crippen LogP contribution is -2.30. The Hall–Kier alpha value is -2.11. The normalized spacial score (nSPS) is 11.6. The highest BCUT2D eigenvalue weighted by Gasteiger charge is 2.19. The molecule has 1 amide bonds. The first-order valence-corrected chi connectivity index (χ1v) is 7.09. The van der Waals surface area contributed by atoms with Crippen molar-refractivity contribution in [3.63, 3.8) is 0 Å². The number of hydrogen-bond donors (Lipinski definition) is 1. The van der Waals surface area contributed by atoms with Gasteiger partial charge in [-0.25, -0.2) is 4.79 Å². The summed E-state index contributed by atoms with van der Waals surface area (Å²) in [6.07, 6.45) is 1.92. The van der Waals surface area contributed by atoms with E-state index in [0.29, 0.717) is 15.7 Å². The predicted molar refractivity (Wildman–Crippen MR) is 84.2 cm³/mol. The van der Waals surface area contributed by atoms with E-state index in [1.165, 1.54) is 19.3 Å². The summed E-state index contributed by atoms with van der Waals surface area (Å²) < 4.78 is 5.07. The Kier molecular flexibility index (Phi) is 5.35. The van der Waals surface area contributed by atoms with Crippen LogP contribution in [0.2, 0.25) is 10.0 Å². The number of anilines is 1. The van der Waals surface area contributed by atoms with Gasteiger partial charge < -0.3 is 10.1 Å². The lowest BCUT2D eigenvalue weighted by atomic mass is 10.2. The van der Waals surface area contributed by atoms with E-state index in [-0.39, 0.29) is 5.56 Å². The number of nitrogens with zero attached hydrogens (tertiary/aromatic N) is 1. The molecular formula is C15H12Cl2N2O3. The Balaban J connectivity index is 1.99. The van der Waals surface area contributed by atoms with E-state index >= 15 is 0 Å². The van der Waals surface area contributed by atoms with Crippen molar-refractivity contribution in [3.05, 3.63) is 58.3 Å².